The summed E-state index contributed by atoms with van der Waals surface area (Å²) in [5.41, 5.74) is 1.41. The first-order valence-corrected chi connectivity index (χ1v) is 6.19. The van der Waals surface area contributed by atoms with E-state index in [0.717, 1.165) is 11.4 Å². The molecule has 4 heteroatoms. The summed E-state index contributed by atoms with van der Waals surface area (Å²) in [7, 11) is 0. The van der Waals surface area contributed by atoms with Crippen molar-refractivity contribution in [1.29, 1.82) is 5.26 Å². The highest BCUT2D eigenvalue weighted by Crippen LogP contribution is 2.16. The van der Waals surface area contributed by atoms with Crippen molar-refractivity contribution >= 4 is 0 Å². The predicted octanol–water partition coefficient (Wildman–Crippen LogP) is 2.44. The van der Waals surface area contributed by atoms with Crippen LogP contribution in [0.2, 0.25) is 0 Å². The van der Waals surface area contributed by atoms with E-state index >= 15 is 0 Å². The molecule has 0 aromatic carbocycles. The van der Waals surface area contributed by atoms with Gasteiger partial charge in [0.05, 0.1) is 11.4 Å². The summed E-state index contributed by atoms with van der Waals surface area (Å²) in [6.45, 7) is 4.64. The maximum absolute atomic E-state index is 12.2. The van der Waals surface area contributed by atoms with E-state index in [2.05, 4.69) is 4.98 Å². The van der Waals surface area contributed by atoms with Gasteiger partial charge in [0.1, 0.15) is 11.6 Å². The molecule has 0 aliphatic rings. The van der Waals surface area contributed by atoms with Crippen LogP contribution < -0.4 is 5.56 Å². The van der Waals surface area contributed by atoms with Crippen molar-refractivity contribution in [3.8, 4) is 17.5 Å². The Kier molecular flexibility index (Phi) is 3.76. The Balaban J connectivity index is 2.65. The monoisotopic (exact) mass is 253 g/mol. The van der Waals surface area contributed by atoms with Crippen LogP contribution in [0.5, 0.6) is 0 Å². The van der Waals surface area contributed by atoms with Gasteiger partial charge in [-0.2, -0.15) is 5.26 Å². The van der Waals surface area contributed by atoms with Crippen molar-refractivity contribution in [2.45, 2.75) is 20.4 Å². The zero-order valence-electron chi connectivity index (χ0n) is 11.0. The quantitative estimate of drug-likeness (QED) is 0.844. The van der Waals surface area contributed by atoms with Crippen molar-refractivity contribution < 1.29 is 0 Å². The fraction of sp³-hybridized carbons (Fsp3) is 0.267. The van der Waals surface area contributed by atoms with Gasteiger partial charge in [-0.05, 0) is 30.2 Å². The Bertz CT molecular complexity index is 666. The van der Waals surface area contributed by atoms with Crippen molar-refractivity contribution in [2.24, 2.45) is 5.92 Å². The molecule has 0 saturated carbocycles. The van der Waals surface area contributed by atoms with E-state index in [9.17, 15) is 4.79 Å². The van der Waals surface area contributed by atoms with Gasteiger partial charge in [0.25, 0.3) is 5.56 Å². The van der Waals surface area contributed by atoms with Crippen LogP contribution in [0.1, 0.15) is 19.4 Å². The Hall–Kier alpha value is -2.41. The van der Waals surface area contributed by atoms with Crippen molar-refractivity contribution in [3.05, 3.63) is 52.4 Å². The summed E-state index contributed by atoms with van der Waals surface area (Å²) in [4.78, 5) is 16.5. The predicted molar refractivity (Wildman–Crippen MR) is 73.5 cm³/mol. The van der Waals surface area contributed by atoms with Crippen molar-refractivity contribution in [1.82, 2.24) is 9.55 Å². The molecule has 0 fully saturated rings. The molecule has 19 heavy (non-hydrogen) atoms. The van der Waals surface area contributed by atoms with Gasteiger partial charge >= 0.3 is 0 Å². The van der Waals surface area contributed by atoms with Crippen LogP contribution in [0.3, 0.4) is 0 Å². The SMILES string of the molecule is CC(C)Cn1c(-c2ccccn2)ccc(C#N)c1=O. The Morgan fingerprint density at radius 3 is 2.68 bits per heavy atom. The Labute approximate surface area is 112 Å². The fourth-order valence-electron chi connectivity index (χ4n) is 1.95. The molecular weight excluding hydrogens is 238 g/mol. The summed E-state index contributed by atoms with van der Waals surface area (Å²) < 4.78 is 1.63. The summed E-state index contributed by atoms with van der Waals surface area (Å²) >= 11 is 0. The van der Waals surface area contributed by atoms with Crippen molar-refractivity contribution in [3.63, 3.8) is 0 Å². The third-order valence-corrected chi connectivity index (χ3v) is 2.77. The molecule has 4 nitrogen and oxygen atoms in total. The smallest absolute Gasteiger partial charge is 0.268 e. The Morgan fingerprint density at radius 2 is 2.11 bits per heavy atom. The molecule has 2 aromatic rings. The highest BCUT2D eigenvalue weighted by Gasteiger charge is 2.12. The van der Waals surface area contributed by atoms with Gasteiger partial charge in [0.15, 0.2) is 0 Å². The molecular formula is C15H15N3O. The van der Waals surface area contributed by atoms with E-state index in [1.807, 2.05) is 38.1 Å². The first-order valence-electron chi connectivity index (χ1n) is 6.19. The molecule has 2 rings (SSSR count). The number of aromatic nitrogens is 2. The summed E-state index contributed by atoms with van der Waals surface area (Å²) in [5.74, 6) is 0.314. The molecule has 0 radical (unpaired) electrons. The van der Waals surface area contributed by atoms with Crippen LogP contribution in [0, 0.1) is 17.2 Å². The molecule has 0 amide bonds. The number of hydrogen-bond acceptors (Lipinski definition) is 3. The molecule has 2 heterocycles. The fourth-order valence-corrected chi connectivity index (χ4v) is 1.95. The highest BCUT2D eigenvalue weighted by atomic mass is 16.1. The van der Waals surface area contributed by atoms with Gasteiger partial charge in [-0.15, -0.1) is 0 Å². The van der Waals surface area contributed by atoms with Crippen LogP contribution >= 0.6 is 0 Å². The summed E-state index contributed by atoms with van der Waals surface area (Å²) in [6.07, 6.45) is 1.69. The number of nitriles is 1. The number of pyridine rings is 2. The molecule has 0 spiro atoms. The number of hydrogen-bond donors (Lipinski definition) is 0. The maximum Gasteiger partial charge on any atom is 0.268 e. The minimum atomic E-state index is -0.251. The third-order valence-electron chi connectivity index (χ3n) is 2.77. The lowest BCUT2D eigenvalue weighted by molar-refractivity contribution is 0.514. The van der Waals surface area contributed by atoms with Crippen LogP contribution in [0.25, 0.3) is 11.4 Å². The average molecular weight is 253 g/mol. The zero-order chi connectivity index (χ0) is 13.8. The first kappa shape index (κ1) is 13.0. The molecule has 0 aliphatic heterocycles. The second kappa shape index (κ2) is 5.49. The van der Waals surface area contributed by atoms with Gasteiger partial charge < -0.3 is 4.57 Å². The van der Waals surface area contributed by atoms with Gasteiger partial charge in [0.2, 0.25) is 0 Å². The lowest BCUT2D eigenvalue weighted by Crippen LogP contribution is -2.26. The van der Waals surface area contributed by atoms with Gasteiger partial charge in [0, 0.05) is 12.7 Å². The molecule has 2 aromatic heterocycles. The average Bonchev–Trinajstić information content (AvgIpc) is 2.41. The lowest BCUT2D eigenvalue weighted by Gasteiger charge is -2.14. The van der Waals surface area contributed by atoms with Gasteiger partial charge in [-0.25, -0.2) is 0 Å². The third kappa shape index (κ3) is 2.71. The largest absolute Gasteiger partial charge is 0.305 e. The zero-order valence-corrected chi connectivity index (χ0v) is 11.0. The molecule has 0 saturated heterocycles. The summed E-state index contributed by atoms with van der Waals surface area (Å²) in [6, 6.07) is 10.8. The molecule has 0 aliphatic carbocycles. The molecule has 0 unspecified atom stereocenters. The van der Waals surface area contributed by atoms with E-state index in [0.29, 0.717) is 12.5 Å². The van der Waals surface area contributed by atoms with Crippen molar-refractivity contribution in [2.75, 3.05) is 0 Å². The number of nitrogens with zero attached hydrogens (tertiary/aromatic N) is 3. The lowest BCUT2D eigenvalue weighted by atomic mass is 10.1. The maximum atomic E-state index is 12.2. The second-order valence-electron chi connectivity index (χ2n) is 4.77. The van der Waals surface area contributed by atoms with Crippen LogP contribution in [0.4, 0.5) is 0 Å². The molecule has 0 N–H and O–H groups in total. The second-order valence-corrected chi connectivity index (χ2v) is 4.77. The normalized spacial score (nSPS) is 10.4. The topological polar surface area (TPSA) is 58.7 Å². The minimum Gasteiger partial charge on any atom is -0.305 e. The highest BCUT2D eigenvalue weighted by molar-refractivity contribution is 5.55. The molecule has 0 atom stereocenters. The Morgan fingerprint density at radius 1 is 1.32 bits per heavy atom. The van der Waals surface area contributed by atoms with Crippen LogP contribution in [-0.4, -0.2) is 9.55 Å². The van der Waals surface area contributed by atoms with Crippen LogP contribution in [0.15, 0.2) is 41.3 Å². The van der Waals surface area contributed by atoms with E-state index < -0.39 is 0 Å². The molecule has 96 valence electrons. The first-order chi connectivity index (χ1) is 9.13. The van der Waals surface area contributed by atoms with E-state index in [1.165, 1.54) is 0 Å². The minimum absolute atomic E-state index is 0.167. The molecule has 0 bridgehead atoms. The standard InChI is InChI=1S/C15H15N3O/c1-11(2)10-18-14(13-5-3-4-8-17-13)7-6-12(9-16)15(18)19/h3-8,11H,10H2,1-2H3. The van der Waals surface area contributed by atoms with Gasteiger partial charge in [-0.1, -0.05) is 19.9 Å². The van der Waals surface area contributed by atoms with E-state index in [1.54, 1.807) is 22.9 Å². The van der Waals surface area contributed by atoms with Crippen LogP contribution in [-0.2, 0) is 6.54 Å². The number of rotatable bonds is 3. The van der Waals surface area contributed by atoms with E-state index in [4.69, 9.17) is 5.26 Å². The summed E-state index contributed by atoms with van der Waals surface area (Å²) in [5, 5.41) is 8.96. The van der Waals surface area contributed by atoms with E-state index in [-0.39, 0.29) is 11.1 Å². The van der Waals surface area contributed by atoms with Gasteiger partial charge in [-0.3, -0.25) is 9.78 Å².